The highest BCUT2D eigenvalue weighted by Crippen LogP contribution is 2.31. The largest absolute Gasteiger partial charge is 0.493 e. The molecule has 0 aromatic heterocycles. The van der Waals surface area contributed by atoms with Crippen molar-refractivity contribution in [2.45, 2.75) is 19.6 Å². The summed E-state index contributed by atoms with van der Waals surface area (Å²) >= 11 is 3.51. The maximum atomic E-state index is 5.87. The molecule has 4 heteroatoms. The Hall–Kier alpha value is -1.52. The van der Waals surface area contributed by atoms with Gasteiger partial charge in [-0.15, -0.1) is 0 Å². The molecule has 2 rings (SSSR count). The van der Waals surface area contributed by atoms with Crippen LogP contribution in [-0.2, 0) is 6.61 Å². The first-order chi connectivity index (χ1) is 9.61. The summed E-state index contributed by atoms with van der Waals surface area (Å²) in [5.41, 5.74) is 7.98. The quantitative estimate of drug-likeness (QED) is 0.896. The number of hydrogen-bond donors (Lipinski definition) is 1. The van der Waals surface area contributed by atoms with Crippen molar-refractivity contribution in [1.82, 2.24) is 0 Å². The molecule has 0 bridgehead atoms. The lowest BCUT2D eigenvalue weighted by Crippen LogP contribution is -2.05. The summed E-state index contributed by atoms with van der Waals surface area (Å²) in [6.45, 7) is 2.42. The van der Waals surface area contributed by atoms with Crippen LogP contribution in [0, 0.1) is 0 Å². The Labute approximate surface area is 127 Å². The zero-order valence-electron chi connectivity index (χ0n) is 11.6. The van der Waals surface area contributed by atoms with Gasteiger partial charge in [-0.2, -0.15) is 0 Å². The zero-order valence-corrected chi connectivity index (χ0v) is 13.2. The molecule has 3 nitrogen and oxygen atoms in total. The van der Waals surface area contributed by atoms with E-state index >= 15 is 0 Å². The molecule has 0 radical (unpaired) electrons. The van der Waals surface area contributed by atoms with E-state index in [-0.39, 0.29) is 6.04 Å². The van der Waals surface area contributed by atoms with Crippen LogP contribution in [-0.4, -0.2) is 7.11 Å². The third-order valence-corrected chi connectivity index (χ3v) is 3.83. The Morgan fingerprint density at radius 3 is 2.55 bits per heavy atom. The van der Waals surface area contributed by atoms with Crippen molar-refractivity contribution in [3.8, 4) is 11.5 Å². The van der Waals surface area contributed by atoms with Crippen molar-refractivity contribution < 1.29 is 9.47 Å². The van der Waals surface area contributed by atoms with Gasteiger partial charge in [0.1, 0.15) is 6.61 Å². The molecule has 0 saturated carbocycles. The molecule has 0 saturated heterocycles. The van der Waals surface area contributed by atoms with Crippen molar-refractivity contribution in [2.75, 3.05) is 7.11 Å². The molecule has 0 heterocycles. The lowest BCUT2D eigenvalue weighted by atomic mass is 10.1. The predicted molar refractivity (Wildman–Crippen MR) is 84.1 cm³/mol. The van der Waals surface area contributed by atoms with Crippen LogP contribution in [0.4, 0.5) is 0 Å². The summed E-state index contributed by atoms with van der Waals surface area (Å²) in [6.07, 6.45) is 0. The molecular weight excluding hydrogens is 318 g/mol. The van der Waals surface area contributed by atoms with E-state index in [1.807, 2.05) is 49.4 Å². The van der Waals surface area contributed by atoms with Crippen molar-refractivity contribution in [3.63, 3.8) is 0 Å². The number of hydrogen-bond acceptors (Lipinski definition) is 3. The number of ether oxygens (including phenoxy) is 2. The topological polar surface area (TPSA) is 44.5 Å². The van der Waals surface area contributed by atoms with E-state index in [2.05, 4.69) is 15.9 Å². The second kappa shape index (κ2) is 6.77. The minimum absolute atomic E-state index is 0.0267. The van der Waals surface area contributed by atoms with E-state index in [1.165, 1.54) is 0 Å². The number of nitrogens with two attached hydrogens (primary N) is 1. The number of rotatable bonds is 5. The zero-order chi connectivity index (χ0) is 14.5. The highest BCUT2D eigenvalue weighted by Gasteiger charge is 2.09. The van der Waals surface area contributed by atoms with Crippen LogP contribution in [0.15, 0.2) is 46.9 Å². The van der Waals surface area contributed by atoms with Gasteiger partial charge < -0.3 is 15.2 Å². The van der Waals surface area contributed by atoms with Gasteiger partial charge in [-0.05, 0) is 30.7 Å². The van der Waals surface area contributed by atoms with Crippen LogP contribution in [0.1, 0.15) is 24.1 Å². The summed E-state index contributed by atoms with van der Waals surface area (Å²) in [7, 11) is 1.63. The Bertz CT molecular complexity index is 584. The van der Waals surface area contributed by atoms with Crippen LogP contribution in [0.2, 0.25) is 0 Å². The van der Waals surface area contributed by atoms with E-state index in [1.54, 1.807) is 7.11 Å². The van der Waals surface area contributed by atoms with E-state index in [0.29, 0.717) is 18.1 Å². The van der Waals surface area contributed by atoms with Crippen LogP contribution in [0.3, 0.4) is 0 Å². The lowest BCUT2D eigenvalue weighted by Gasteiger charge is -2.14. The van der Waals surface area contributed by atoms with E-state index in [0.717, 1.165) is 15.6 Å². The second-order valence-electron chi connectivity index (χ2n) is 4.58. The van der Waals surface area contributed by atoms with Gasteiger partial charge in [0, 0.05) is 16.1 Å². The molecule has 0 unspecified atom stereocenters. The fourth-order valence-electron chi connectivity index (χ4n) is 1.86. The average molecular weight is 336 g/mol. The number of benzene rings is 2. The molecule has 20 heavy (non-hydrogen) atoms. The maximum absolute atomic E-state index is 5.87. The Morgan fingerprint density at radius 2 is 1.90 bits per heavy atom. The van der Waals surface area contributed by atoms with Crippen LogP contribution >= 0.6 is 15.9 Å². The molecule has 2 aromatic carbocycles. The molecule has 0 aliphatic carbocycles. The molecule has 0 aliphatic heterocycles. The van der Waals surface area contributed by atoms with Gasteiger partial charge in [0.15, 0.2) is 11.5 Å². The standard InChI is InChI=1S/C16H18BrNO2/c1-11(18)12-7-8-15(16(9-12)19-2)20-10-13-5-3-4-6-14(13)17/h3-9,11H,10,18H2,1-2H3/t11-/m0/s1. The fourth-order valence-corrected chi connectivity index (χ4v) is 2.26. The molecule has 0 spiro atoms. The molecule has 2 aromatic rings. The molecule has 2 N–H and O–H groups in total. The second-order valence-corrected chi connectivity index (χ2v) is 5.43. The van der Waals surface area contributed by atoms with Crippen molar-refractivity contribution in [1.29, 1.82) is 0 Å². The average Bonchev–Trinajstić information content (AvgIpc) is 2.46. The Balaban J connectivity index is 2.15. The summed E-state index contributed by atoms with van der Waals surface area (Å²) < 4.78 is 12.2. The van der Waals surface area contributed by atoms with Crippen molar-refractivity contribution in [3.05, 3.63) is 58.1 Å². The number of halogens is 1. The van der Waals surface area contributed by atoms with Gasteiger partial charge >= 0.3 is 0 Å². The smallest absolute Gasteiger partial charge is 0.161 e. The minimum atomic E-state index is -0.0267. The van der Waals surface area contributed by atoms with Crippen molar-refractivity contribution >= 4 is 15.9 Å². The first-order valence-corrected chi connectivity index (χ1v) is 7.21. The third-order valence-electron chi connectivity index (χ3n) is 3.05. The number of methoxy groups -OCH3 is 1. The van der Waals surface area contributed by atoms with Gasteiger partial charge in [0.2, 0.25) is 0 Å². The summed E-state index contributed by atoms with van der Waals surface area (Å²) in [5.74, 6) is 1.42. The Kier molecular flexibility index (Phi) is 5.04. The SMILES string of the molecule is COc1cc([C@H](C)N)ccc1OCc1ccccc1Br. The molecular formula is C16H18BrNO2. The molecule has 1 atom stereocenters. The van der Waals surface area contributed by atoms with E-state index in [9.17, 15) is 0 Å². The fraction of sp³-hybridized carbons (Fsp3) is 0.250. The van der Waals surface area contributed by atoms with Crippen LogP contribution < -0.4 is 15.2 Å². The molecule has 0 fully saturated rings. The molecule has 106 valence electrons. The first kappa shape index (κ1) is 14.9. The van der Waals surface area contributed by atoms with Crippen molar-refractivity contribution in [2.24, 2.45) is 5.73 Å². The summed E-state index contributed by atoms with van der Waals surface area (Å²) in [5, 5.41) is 0. The van der Waals surface area contributed by atoms with Gasteiger partial charge in [-0.25, -0.2) is 0 Å². The highest BCUT2D eigenvalue weighted by atomic mass is 79.9. The summed E-state index contributed by atoms with van der Waals surface area (Å²) in [4.78, 5) is 0. The molecule has 0 amide bonds. The Morgan fingerprint density at radius 1 is 1.15 bits per heavy atom. The minimum Gasteiger partial charge on any atom is -0.493 e. The predicted octanol–water partition coefficient (Wildman–Crippen LogP) is 4.06. The summed E-state index contributed by atoms with van der Waals surface area (Å²) in [6, 6.07) is 13.7. The maximum Gasteiger partial charge on any atom is 0.161 e. The van der Waals surface area contributed by atoms with E-state index in [4.69, 9.17) is 15.2 Å². The van der Waals surface area contributed by atoms with Gasteiger partial charge in [-0.3, -0.25) is 0 Å². The monoisotopic (exact) mass is 335 g/mol. The van der Waals surface area contributed by atoms with Gasteiger partial charge in [-0.1, -0.05) is 40.2 Å². The van der Waals surface area contributed by atoms with Crippen LogP contribution in [0.5, 0.6) is 11.5 Å². The third kappa shape index (κ3) is 3.52. The first-order valence-electron chi connectivity index (χ1n) is 6.41. The van der Waals surface area contributed by atoms with Gasteiger partial charge in [0.25, 0.3) is 0 Å². The highest BCUT2D eigenvalue weighted by molar-refractivity contribution is 9.10. The van der Waals surface area contributed by atoms with E-state index < -0.39 is 0 Å². The molecule has 0 aliphatic rings. The lowest BCUT2D eigenvalue weighted by molar-refractivity contribution is 0.283. The normalized spacial score (nSPS) is 12.0. The van der Waals surface area contributed by atoms with Gasteiger partial charge in [0.05, 0.1) is 7.11 Å². The van der Waals surface area contributed by atoms with Crippen LogP contribution in [0.25, 0.3) is 0 Å².